The molecule has 0 aliphatic carbocycles. The number of amides is 1. The van der Waals surface area contributed by atoms with Gasteiger partial charge >= 0.3 is 0 Å². The molecule has 0 atom stereocenters. The van der Waals surface area contributed by atoms with Gasteiger partial charge in [0.05, 0.1) is 11.4 Å². The summed E-state index contributed by atoms with van der Waals surface area (Å²) in [7, 11) is -4.13. The SMILES string of the molecule is C=CCN1C(=O)COc2ccc(-c3csc(NS(=O)(=O)c4cc(C)ccc4F)n3)cc21. The van der Waals surface area contributed by atoms with Crippen LogP contribution in [0.1, 0.15) is 5.56 Å². The zero-order chi connectivity index (χ0) is 22.2. The Labute approximate surface area is 182 Å². The van der Waals surface area contributed by atoms with E-state index in [1.54, 1.807) is 41.5 Å². The van der Waals surface area contributed by atoms with E-state index in [0.717, 1.165) is 17.4 Å². The summed E-state index contributed by atoms with van der Waals surface area (Å²) in [4.78, 5) is 17.6. The van der Waals surface area contributed by atoms with Gasteiger partial charge in [0.2, 0.25) is 0 Å². The number of benzene rings is 2. The van der Waals surface area contributed by atoms with Crippen LogP contribution in [-0.4, -0.2) is 32.5 Å². The van der Waals surface area contributed by atoms with E-state index in [2.05, 4.69) is 16.3 Å². The average molecular weight is 460 g/mol. The van der Waals surface area contributed by atoms with Gasteiger partial charge < -0.3 is 9.64 Å². The first kappa shape index (κ1) is 21.0. The van der Waals surface area contributed by atoms with Crippen LogP contribution in [0.2, 0.25) is 0 Å². The highest BCUT2D eigenvalue weighted by Gasteiger charge is 2.26. The lowest BCUT2D eigenvalue weighted by molar-refractivity contribution is -0.121. The number of carbonyl (C=O) groups excluding carboxylic acids is 1. The van der Waals surface area contributed by atoms with Gasteiger partial charge in [-0.3, -0.25) is 9.52 Å². The van der Waals surface area contributed by atoms with E-state index in [1.165, 1.54) is 12.1 Å². The third-order valence-corrected chi connectivity index (χ3v) is 6.85. The molecule has 0 bridgehead atoms. The molecular formula is C21H18FN3O4S2. The van der Waals surface area contributed by atoms with Crippen molar-refractivity contribution < 1.29 is 22.3 Å². The van der Waals surface area contributed by atoms with Crippen molar-refractivity contribution in [2.24, 2.45) is 0 Å². The molecule has 1 aliphatic heterocycles. The minimum absolute atomic E-state index is 0.0433. The van der Waals surface area contributed by atoms with E-state index in [0.29, 0.717) is 34.8 Å². The number of hydrogen-bond donors (Lipinski definition) is 1. The molecule has 3 aromatic rings. The van der Waals surface area contributed by atoms with Gasteiger partial charge in [0.1, 0.15) is 16.5 Å². The number of nitrogens with zero attached hydrogens (tertiary/aromatic N) is 2. The lowest BCUT2D eigenvalue weighted by Gasteiger charge is -2.28. The van der Waals surface area contributed by atoms with Crippen molar-refractivity contribution in [2.45, 2.75) is 11.8 Å². The maximum absolute atomic E-state index is 14.0. The summed E-state index contributed by atoms with van der Waals surface area (Å²) < 4.78 is 47.1. The van der Waals surface area contributed by atoms with Gasteiger partial charge in [0.25, 0.3) is 15.9 Å². The fraction of sp³-hybridized carbons (Fsp3) is 0.143. The molecule has 7 nitrogen and oxygen atoms in total. The van der Waals surface area contributed by atoms with Gasteiger partial charge in [-0.25, -0.2) is 17.8 Å². The fourth-order valence-corrected chi connectivity index (χ4v) is 5.27. The molecule has 2 aromatic carbocycles. The average Bonchev–Trinajstić information content (AvgIpc) is 3.19. The third kappa shape index (κ3) is 4.17. The second kappa shape index (κ2) is 8.12. The summed E-state index contributed by atoms with van der Waals surface area (Å²) in [6.45, 7) is 5.65. The summed E-state index contributed by atoms with van der Waals surface area (Å²) in [6.07, 6.45) is 1.62. The van der Waals surface area contributed by atoms with E-state index < -0.39 is 20.7 Å². The summed E-state index contributed by atoms with van der Waals surface area (Å²) >= 11 is 1.07. The highest BCUT2D eigenvalue weighted by atomic mass is 32.2. The second-order valence-corrected chi connectivity index (χ2v) is 9.35. The number of aromatic nitrogens is 1. The van der Waals surface area contributed by atoms with E-state index in [1.807, 2.05) is 0 Å². The Morgan fingerprint density at radius 2 is 2.13 bits per heavy atom. The van der Waals surface area contributed by atoms with Crippen LogP contribution >= 0.6 is 11.3 Å². The van der Waals surface area contributed by atoms with Gasteiger partial charge in [0.15, 0.2) is 11.7 Å². The summed E-state index contributed by atoms with van der Waals surface area (Å²) in [5.74, 6) is -0.454. The number of carbonyl (C=O) groups is 1. The van der Waals surface area contributed by atoms with Crippen LogP contribution in [0.5, 0.6) is 5.75 Å². The molecule has 160 valence electrons. The molecule has 10 heteroatoms. The molecule has 0 saturated heterocycles. The number of fused-ring (bicyclic) bond motifs is 1. The molecule has 4 rings (SSSR count). The smallest absolute Gasteiger partial charge is 0.266 e. The molecule has 1 aromatic heterocycles. The topological polar surface area (TPSA) is 88.6 Å². The van der Waals surface area contributed by atoms with E-state index >= 15 is 0 Å². The van der Waals surface area contributed by atoms with Gasteiger partial charge in [-0.1, -0.05) is 12.1 Å². The van der Waals surface area contributed by atoms with Gasteiger partial charge in [0, 0.05) is 17.5 Å². The first-order valence-electron chi connectivity index (χ1n) is 9.21. The zero-order valence-electron chi connectivity index (χ0n) is 16.5. The molecule has 0 unspecified atom stereocenters. The summed E-state index contributed by atoms with van der Waals surface area (Å²) in [6, 6.07) is 9.13. The van der Waals surface area contributed by atoms with Crippen LogP contribution in [0.4, 0.5) is 15.2 Å². The largest absolute Gasteiger partial charge is 0.482 e. The predicted molar refractivity (Wildman–Crippen MR) is 118 cm³/mol. The standard InChI is InChI=1S/C21H18FN3O4S2/c1-3-8-25-17-10-14(5-7-18(17)29-11-20(25)26)16-12-30-21(23-16)24-31(27,28)19-9-13(2)4-6-15(19)22/h3-7,9-10,12H,1,8,11H2,2H3,(H,23,24). The van der Waals surface area contributed by atoms with Crippen molar-refractivity contribution >= 4 is 38.1 Å². The summed E-state index contributed by atoms with van der Waals surface area (Å²) in [5, 5.41) is 1.78. The molecule has 2 heterocycles. The van der Waals surface area contributed by atoms with Gasteiger partial charge in [-0.15, -0.1) is 17.9 Å². The molecule has 1 amide bonds. The molecule has 0 spiro atoms. The maximum Gasteiger partial charge on any atom is 0.266 e. The number of thiazole rings is 1. The van der Waals surface area contributed by atoms with Crippen LogP contribution in [-0.2, 0) is 14.8 Å². The van der Waals surface area contributed by atoms with Crippen molar-refractivity contribution in [2.75, 3.05) is 22.8 Å². The van der Waals surface area contributed by atoms with Crippen molar-refractivity contribution in [1.29, 1.82) is 0 Å². The number of rotatable bonds is 6. The Morgan fingerprint density at radius 3 is 2.90 bits per heavy atom. The number of sulfonamides is 1. The van der Waals surface area contributed by atoms with Crippen molar-refractivity contribution in [3.05, 3.63) is 65.8 Å². The normalized spacial score (nSPS) is 13.5. The molecule has 0 fully saturated rings. The first-order valence-corrected chi connectivity index (χ1v) is 11.6. The number of hydrogen-bond acceptors (Lipinski definition) is 6. The summed E-state index contributed by atoms with van der Waals surface area (Å²) in [5.41, 5.74) is 2.39. The highest BCUT2D eigenvalue weighted by molar-refractivity contribution is 7.93. The van der Waals surface area contributed by atoms with Crippen molar-refractivity contribution in [3.8, 4) is 17.0 Å². The second-order valence-electron chi connectivity index (χ2n) is 6.84. The van der Waals surface area contributed by atoms with Crippen LogP contribution in [0.3, 0.4) is 0 Å². The Hall–Kier alpha value is -3.24. The number of halogens is 1. The van der Waals surface area contributed by atoms with Crippen molar-refractivity contribution in [3.63, 3.8) is 0 Å². The Morgan fingerprint density at radius 1 is 1.32 bits per heavy atom. The third-order valence-electron chi connectivity index (χ3n) is 4.61. The van der Waals surface area contributed by atoms with Crippen LogP contribution in [0.15, 0.2) is 59.3 Å². The van der Waals surface area contributed by atoms with E-state index in [4.69, 9.17) is 4.74 Å². The first-order chi connectivity index (χ1) is 14.8. The highest BCUT2D eigenvalue weighted by Crippen LogP contribution is 2.37. The molecule has 31 heavy (non-hydrogen) atoms. The monoisotopic (exact) mass is 459 g/mol. The molecular weight excluding hydrogens is 441 g/mol. The van der Waals surface area contributed by atoms with E-state index in [-0.39, 0.29) is 17.6 Å². The Kier molecular flexibility index (Phi) is 5.50. The Bertz CT molecular complexity index is 1290. The Balaban J connectivity index is 1.63. The predicted octanol–water partition coefficient (Wildman–Crippen LogP) is 3.97. The van der Waals surface area contributed by atoms with Gasteiger partial charge in [-0.2, -0.15) is 0 Å². The number of aryl methyl sites for hydroxylation is 1. The van der Waals surface area contributed by atoms with E-state index in [9.17, 15) is 17.6 Å². The quantitative estimate of drug-likeness (QED) is 0.564. The number of nitrogens with one attached hydrogen (secondary N) is 1. The number of anilines is 2. The maximum atomic E-state index is 14.0. The zero-order valence-corrected chi connectivity index (χ0v) is 18.1. The van der Waals surface area contributed by atoms with Crippen molar-refractivity contribution in [1.82, 2.24) is 4.98 Å². The lowest BCUT2D eigenvalue weighted by atomic mass is 10.1. The lowest BCUT2D eigenvalue weighted by Crippen LogP contribution is -2.38. The van der Waals surface area contributed by atoms with Crippen LogP contribution in [0, 0.1) is 12.7 Å². The minimum atomic E-state index is -4.13. The number of ether oxygens (including phenoxy) is 1. The fourth-order valence-electron chi connectivity index (χ4n) is 3.13. The van der Waals surface area contributed by atoms with Gasteiger partial charge in [-0.05, 0) is 42.8 Å². The molecule has 0 radical (unpaired) electrons. The molecule has 0 saturated carbocycles. The minimum Gasteiger partial charge on any atom is -0.482 e. The molecule has 1 N–H and O–H groups in total. The molecule has 1 aliphatic rings. The van der Waals surface area contributed by atoms with Crippen LogP contribution in [0.25, 0.3) is 11.3 Å². The van der Waals surface area contributed by atoms with Crippen LogP contribution < -0.4 is 14.4 Å².